The molecular weight excluding hydrogens is 484 g/mol. The number of carbonyl (C=O) groups excluding carboxylic acids is 3. The molecular formula is C26H35ClN4O5. The largest absolute Gasteiger partial charge is 0.465 e. The van der Waals surface area contributed by atoms with Crippen molar-refractivity contribution in [1.29, 1.82) is 0 Å². The number of amides is 3. The van der Waals surface area contributed by atoms with Crippen molar-refractivity contribution < 1.29 is 23.9 Å². The molecule has 1 aliphatic rings. The number of urea groups is 1. The van der Waals surface area contributed by atoms with Gasteiger partial charge in [0.1, 0.15) is 18.3 Å². The highest BCUT2D eigenvalue weighted by Crippen LogP contribution is 2.25. The lowest BCUT2D eigenvalue weighted by molar-refractivity contribution is -0.126. The molecule has 36 heavy (non-hydrogen) atoms. The van der Waals surface area contributed by atoms with Crippen LogP contribution in [-0.4, -0.2) is 64.8 Å². The summed E-state index contributed by atoms with van der Waals surface area (Å²) in [6.45, 7) is 5.04. The van der Waals surface area contributed by atoms with Crippen molar-refractivity contribution in [2.45, 2.75) is 52.5 Å². The summed E-state index contributed by atoms with van der Waals surface area (Å²) in [6, 6.07) is 6.86. The normalized spacial score (nSPS) is 14.5. The zero-order chi connectivity index (χ0) is 25.4. The molecule has 9 nitrogen and oxygen atoms in total. The van der Waals surface area contributed by atoms with Gasteiger partial charge in [-0.05, 0) is 36.6 Å². The van der Waals surface area contributed by atoms with E-state index in [0.717, 1.165) is 54.1 Å². The quantitative estimate of drug-likeness (QED) is 0.233. The summed E-state index contributed by atoms with van der Waals surface area (Å²) in [7, 11) is 2.81. The Morgan fingerprint density at radius 3 is 2.33 bits per heavy atom. The summed E-state index contributed by atoms with van der Waals surface area (Å²) < 4.78 is 11.9. The molecule has 0 unspecified atom stereocenters. The molecule has 2 heterocycles. The monoisotopic (exact) mass is 518 g/mol. The van der Waals surface area contributed by atoms with E-state index in [1.807, 2.05) is 19.1 Å². The number of halogens is 1. The van der Waals surface area contributed by atoms with E-state index in [4.69, 9.17) is 9.47 Å². The third-order valence-electron chi connectivity index (χ3n) is 5.93. The lowest BCUT2D eigenvalue weighted by atomic mass is 10.1. The van der Waals surface area contributed by atoms with Crippen molar-refractivity contribution in [2.75, 3.05) is 27.5 Å². The summed E-state index contributed by atoms with van der Waals surface area (Å²) in [5.41, 5.74) is 2.52. The van der Waals surface area contributed by atoms with Gasteiger partial charge >= 0.3 is 12.0 Å². The number of aromatic nitrogens is 2. The number of hydrogen-bond donors (Lipinski definition) is 0. The van der Waals surface area contributed by atoms with Gasteiger partial charge in [-0.3, -0.25) is 9.69 Å². The van der Waals surface area contributed by atoms with Crippen LogP contribution in [0, 0.1) is 0 Å². The number of hydrogen-bond acceptors (Lipinski definition) is 6. The number of aryl methyl sites for hydroxylation is 1. The molecule has 2 aromatic rings. The van der Waals surface area contributed by atoms with Gasteiger partial charge in [-0.2, -0.15) is 0 Å². The lowest BCUT2D eigenvalue weighted by Gasteiger charge is -2.16. The standard InChI is InChI=1S/C26H34N4O5.ClH/c1-5-7-9-23-27-16-21(29(23)17-19-10-12-20(13-11-19)25(32)35-4)15-22-24(31)30(18-34-3)26(33)28(22)14-8-6-2;/h10-13,15-16H,5-9,14,17-18H2,1-4H3;1H/b22-15-;. The zero-order valence-corrected chi connectivity index (χ0v) is 22.2. The minimum absolute atomic E-state index is 0. The van der Waals surface area contributed by atoms with Crippen LogP contribution in [0.1, 0.15) is 67.0 Å². The highest BCUT2D eigenvalue weighted by molar-refractivity contribution is 6.13. The number of carbonyl (C=O) groups is 3. The average molecular weight is 519 g/mol. The minimum Gasteiger partial charge on any atom is -0.465 e. The van der Waals surface area contributed by atoms with Gasteiger partial charge in [-0.1, -0.05) is 38.8 Å². The van der Waals surface area contributed by atoms with Crippen LogP contribution in [-0.2, 0) is 27.2 Å². The van der Waals surface area contributed by atoms with Crippen LogP contribution in [0.15, 0.2) is 36.2 Å². The first-order valence-electron chi connectivity index (χ1n) is 12.0. The second-order valence-corrected chi connectivity index (χ2v) is 8.45. The molecule has 0 saturated carbocycles. The van der Waals surface area contributed by atoms with Gasteiger partial charge in [0.2, 0.25) is 0 Å². The molecule has 0 N–H and O–H groups in total. The van der Waals surface area contributed by atoms with Crippen LogP contribution in [0.4, 0.5) is 4.79 Å². The van der Waals surface area contributed by atoms with Gasteiger partial charge < -0.3 is 14.0 Å². The molecule has 1 fully saturated rings. The van der Waals surface area contributed by atoms with Crippen molar-refractivity contribution in [3.8, 4) is 0 Å². The van der Waals surface area contributed by atoms with E-state index in [1.54, 1.807) is 24.4 Å². The summed E-state index contributed by atoms with van der Waals surface area (Å²) in [5.74, 6) is 0.144. The fourth-order valence-corrected chi connectivity index (χ4v) is 3.95. The van der Waals surface area contributed by atoms with Crippen LogP contribution in [0.2, 0.25) is 0 Å². The first-order valence-corrected chi connectivity index (χ1v) is 12.0. The van der Waals surface area contributed by atoms with Crippen molar-refractivity contribution in [2.24, 2.45) is 0 Å². The number of benzene rings is 1. The molecule has 0 aliphatic carbocycles. The molecule has 0 radical (unpaired) electrons. The molecule has 1 aliphatic heterocycles. The second-order valence-electron chi connectivity index (χ2n) is 8.45. The first-order chi connectivity index (χ1) is 16.9. The number of nitrogens with zero attached hydrogens (tertiary/aromatic N) is 4. The zero-order valence-electron chi connectivity index (χ0n) is 21.4. The summed E-state index contributed by atoms with van der Waals surface area (Å²) in [6.07, 6.45) is 7.98. The molecule has 3 amide bonds. The molecule has 0 bridgehead atoms. The maximum atomic E-state index is 13.1. The Morgan fingerprint density at radius 1 is 1.03 bits per heavy atom. The Morgan fingerprint density at radius 2 is 1.72 bits per heavy atom. The van der Waals surface area contributed by atoms with Crippen LogP contribution < -0.4 is 0 Å². The summed E-state index contributed by atoms with van der Waals surface area (Å²) in [4.78, 5) is 45.0. The lowest BCUT2D eigenvalue weighted by Crippen LogP contribution is -2.34. The number of imide groups is 1. The van der Waals surface area contributed by atoms with E-state index in [1.165, 1.54) is 19.1 Å². The van der Waals surface area contributed by atoms with Crippen LogP contribution in [0.25, 0.3) is 6.08 Å². The van der Waals surface area contributed by atoms with Gasteiger partial charge in [-0.25, -0.2) is 19.5 Å². The van der Waals surface area contributed by atoms with E-state index in [0.29, 0.717) is 24.4 Å². The summed E-state index contributed by atoms with van der Waals surface area (Å²) in [5, 5.41) is 0. The van der Waals surface area contributed by atoms with E-state index in [9.17, 15) is 14.4 Å². The van der Waals surface area contributed by atoms with Crippen molar-refractivity contribution in [3.63, 3.8) is 0 Å². The van der Waals surface area contributed by atoms with Crippen molar-refractivity contribution >= 4 is 36.4 Å². The molecule has 3 rings (SSSR count). The minimum atomic E-state index is -0.384. The fourth-order valence-electron chi connectivity index (χ4n) is 3.95. The van der Waals surface area contributed by atoms with Crippen molar-refractivity contribution in [3.05, 3.63) is 58.8 Å². The molecule has 1 aromatic carbocycles. The summed E-state index contributed by atoms with van der Waals surface area (Å²) >= 11 is 0. The van der Waals surface area contributed by atoms with E-state index >= 15 is 0 Å². The predicted molar refractivity (Wildman–Crippen MR) is 139 cm³/mol. The third kappa shape index (κ3) is 6.53. The number of ether oxygens (including phenoxy) is 2. The third-order valence-corrected chi connectivity index (χ3v) is 5.93. The first kappa shape index (κ1) is 29.1. The highest BCUT2D eigenvalue weighted by atomic mass is 35.5. The van der Waals surface area contributed by atoms with Gasteiger partial charge in [0.05, 0.1) is 24.6 Å². The predicted octanol–water partition coefficient (Wildman–Crippen LogP) is 4.49. The number of unbranched alkanes of at least 4 members (excludes halogenated alkanes) is 2. The fraction of sp³-hybridized carbons (Fsp3) is 0.462. The number of esters is 1. The Hall–Kier alpha value is -3.17. The smallest absolute Gasteiger partial charge is 0.337 e. The number of rotatable bonds is 12. The Bertz CT molecular complexity index is 1080. The highest BCUT2D eigenvalue weighted by Gasteiger charge is 2.40. The molecule has 1 aromatic heterocycles. The molecule has 0 atom stereocenters. The topological polar surface area (TPSA) is 94.0 Å². The van der Waals surface area contributed by atoms with E-state index in [-0.39, 0.29) is 37.0 Å². The average Bonchev–Trinajstić information content (AvgIpc) is 3.34. The van der Waals surface area contributed by atoms with E-state index in [2.05, 4.69) is 16.5 Å². The maximum absolute atomic E-state index is 13.1. The molecule has 1 saturated heterocycles. The van der Waals surface area contributed by atoms with E-state index < -0.39 is 0 Å². The molecule has 0 spiro atoms. The van der Waals surface area contributed by atoms with Gasteiger partial charge in [0, 0.05) is 26.6 Å². The van der Waals surface area contributed by atoms with Crippen LogP contribution in [0.3, 0.4) is 0 Å². The Labute approximate surface area is 218 Å². The molecule has 10 heteroatoms. The Kier molecular flexibility index (Phi) is 11.1. The number of imidazole rings is 1. The second kappa shape index (κ2) is 13.8. The maximum Gasteiger partial charge on any atom is 0.337 e. The van der Waals surface area contributed by atoms with Crippen LogP contribution in [0.5, 0.6) is 0 Å². The molecule has 196 valence electrons. The SMILES string of the molecule is CCCCc1ncc(/C=C2/C(=O)N(COC)C(=O)N2CCCC)n1Cc1ccc(C(=O)OC)cc1.Cl. The van der Waals surface area contributed by atoms with Gasteiger partial charge in [0.15, 0.2) is 0 Å². The van der Waals surface area contributed by atoms with Crippen LogP contribution >= 0.6 is 12.4 Å². The van der Waals surface area contributed by atoms with Crippen molar-refractivity contribution in [1.82, 2.24) is 19.4 Å². The Balaban J connectivity index is 0.00000456. The van der Waals surface area contributed by atoms with Gasteiger partial charge in [-0.15, -0.1) is 12.4 Å². The number of methoxy groups -OCH3 is 2. The van der Waals surface area contributed by atoms with Gasteiger partial charge in [0.25, 0.3) is 5.91 Å².